The zero-order valence-corrected chi connectivity index (χ0v) is 19.3. The predicted octanol–water partition coefficient (Wildman–Crippen LogP) is 4.96. The number of aromatic nitrogens is 2. The van der Waals surface area contributed by atoms with E-state index in [2.05, 4.69) is 5.10 Å². The van der Waals surface area contributed by atoms with E-state index in [4.69, 9.17) is 5.10 Å². The first-order chi connectivity index (χ1) is 15.9. The lowest BCUT2D eigenvalue weighted by molar-refractivity contribution is 0.375. The molecule has 0 saturated carbocycles. The van der Waals surface area contributed by atoms with Crippen molar-refractivity contribution in [3.05, 3.63) is 108 Å². The van der Waals surface area contributed by atoms with E-state index in [1.165, 1.54) is 10.7 Å². The van der Waals surface area contributed by atoms with Gasteiger partial charge in [0, 0.05) is 23.7 Å². The fourth-order valence-electron chi connectivity index (χ4n) is 4.19. The molecule has 0 amide bonds. The first-order valence-electron chi connectivity index (χ1n) is 10.7. The van der Waals surface area contributed by atoms with Gasteiger partial charge in [0.1, 0.15) is 0 Å². The molecule has 1 aliphatic rings. The molecular formula is C26H24N4O2S. The fraction of sp³-hybridized carbons (Fsp3) is 0.154. The minimum Gasteiger partial charge on any atom is -0.240 e. The Morgan fingerprint density at radius 1 is 0.879 bits per heavy atom. The highest BCUT2D eigenvalue weighted by atomic mass is 32.2. The summed E-state index contributed by atoms with van der Waals surface area (Å²) in [5.74, 6) is 0. The summed E-state index contributed by atoms with van der Waals surface area (Å²) in [6.07, 6.45) is 3.60. The Morgan fingerprint density at radius 3 is 2.21 bits per heavy atom. The molecule has 0 aliphatic carbocycles. The summed E-state index contributed by atoms with van der Waals surface area (Å²) in [7, 11) is -3.60. The van der Waals surface area contributed by atoms with Crippen molar-refractivity contribution >= 4 is 15.7 Å². The van der Waals surface area contributed by atoms with Crippen molar-refractivity contribution in [3.8, 4) is 16.9 Å². The highest BCUT2D eigenvalue weighted by Crippen LogP contribution is 2.39. The fourth-order valence-corrected chi connectivity index (χ4v) is 5.09. The molecule has 3 aromatic carbocycles. The van der Waals surface area contributed by atoms with Crippen LogP contribution in [0.1, 0.15) is 29.2 Å². The van der Waals surface area contributed by atoms with Crippen LogP contribution >= 0.6 is 0 Å². The summed E-state index contributed by atoms with van der Waals surface area (Å²) in [6, 6.07) is 27.2. The van der Waals surface area contributed by atoms with Gasteiger partial charge in [0.15, 0.2) is 0 Å². The van der Waals surface area contributed by atoms with Crippen LogP contribution in [0.3, 0.4) is 0 Å². The SMILES string of the molecule is Cc1cccc(C2=NN(S(C)(=O)=O)C(c3cn(-c4ccccc4)nc3-c3ccccc3)C2)c1. The summed E-state index contributed by atoms with van der Waals surface area (Å²) in [5.41, 5.74) is 6.19. The van der Waals surface area contributed by atoms with Crippen LogP contribution in [-0.4, -0.2) is 34.6 Å². The molecule has 1 aliphatic heterocycles. The lowest BCUT2D eigenvalue weighted by Crippen LogP contribution is -2.26. The first kappa shape index (κ1) is 21.2. The Morgan fingerprint density at radius 2 is 1.55 bits per heavy atom. The summed E-state index contributed by atoms with van der Waals surface area (Å²) in [6.45, 7) is 2.02. The van der Waals surface area contributed by atoms with Gasteiger partial charge in [-0.05, 0) is 24.6 Å². The third-order valence-corrected chi connectivity index (χ3v) is 6.75. The highest BCUT2D eigenvalue weighted by Gasteiger charge is 2.37. The van der Waals surface area contributed by atoms with Crippen molar-refractivity contribution in [1.82, 2.24) is 14.2 Å². The maximum absolute atomic E-state index is 12.8. The third kappa shape index (κ3) is 4.19. The Bertz CT molecular complexity index is 1430. The molecule has 2 heterocycles. The van der Waals surface area contributed by atoms with Crippen molar-refractivity contribution in [3.63, 3.8) is 0 Å². The van der Waals surface area contributed by atoms with Crippen LogP contribution in [0.15, 0.2) is 96.2 Å². The average molecular weight is 457 g/mol. The number of aryl methyl sites for hydroxylation is 1. The second kappa shape index (κ2) is 8.33. The molecule has 1 aromatic heterocycles. The van der Waals surface area contributed by atoms with E-state index in [9.17, 15) is 8.42 Å². The number of hydrogen-bond acceptors (Lipinski definition) is 4. The highest BCUT2D eigenvalue weighted by molar-refractivity contribution is 7.88. The quantitative estimate of drug-likeness (QED) is 0.426. The van der Waals surface area contributed by atoms with Gasteiger partial charge in [0.2, 0.25) is 10.0 Å². The normalized spacial score (nSPS) is 16.1. The molecule has 7 heteroatoms. The molecule has 0 spiro atoms. The number of para-hydroxylation sites is 1. The molecule has 4 aromatic rings. The van der Waals surface area contributed by atoms with Gasteiger partial charge in [-0.25, -0.2) is 13.1 Å². The Kier molecular flexibility index (Phi) is 5.34. The zero-order chi connectivity index (χ0) is 23.0. The number of benzene rings is 3. The molecule has 1 atom stereocenters. The molecule has 6 nitrogen and oxygen atoms in total. The second-order valence-electron chi connectivity index (χ2n) is 8.25. The molecule has 0 fully saturated rings. The van der Waals surface area contributed by atoms with Crippen molar-refractivity contribution in [2.75, 3.05) is 6.26 Å². The van der Waals surface area contributed by atoms with Gasteiger partial charge in [-0.3, -0.25) is 0 Å². The van der Waals surface area contributed by atoms with Crippen molar-refractivity contribution in [1.29, 1.82) is 0 Å². The molecule has 33 heavy (non-hydrogen) atoms. The van der Waals surface area contributed by atoms with Crippen LogP contribution in [0.4, 0.5) is 0 Å². The van der Waals surface area contributed by atoms with E-state index in [1.54, 1.807) is 0 Å². The van der Waals surface area contributed by atoms with Gasteiger partial charge in [-0.2, -0.15) is 14.6 Å². The van der Waals surface area contributed by atoms with E-state index in [-0.39, 0.29) is 0 Å². The molecular weight excluding hydrogens is 432 g/mol. The van der Waals surface area contributed by atoms with E-state index in [0.29, 0.717) is 6.42 Å². The topological polar surface area (TPSA) is 67.6 Å². The van der Waals surface area contributed by atoms with Crippen molar-refractivity contribution in [2.45, 2.75) is 19.4 Å². The third-order valence-electron chi connectivity index (χ3n) is 5.73. The van der Waals surface area contributed by atoms with E-state index < -0.39 is 16.1 Å². The summed E-state index contributed by atoms with van der Waals surface area (Å²) < 4.78 is 28.6. The summed E-state index contributed by atoms with van der Waals surface area (Å²) >= 11 is 0. The smallest absolute Gasteiger partial charge is 0.240 e. The monoisotopic (exact) mass is 456 g/mol. The number of sulfonamides is 1. The van der Waals surface area contributed by atoms with Gasteiger partial charge in [0.25, 0.3) is 0 Å². The average Bonchev–Trinajstić information content (AvgIpc) is 3.45. The van der Waals surface area contributed by atoms with E-state index in [0.717, 1.165) is 39.3 Å². The lowest BCUT2D eigenvalue weighted by atomic mass is 9.96. The summed E-state index contributed by atoms with van der Waals surface area (Å²) in [4.78, 5) is 0. The number of nitrogens with zero attached hydrogens (tertiary/aromatic N) is 4. The van der Waals surface area contributed by atoms with Crippen molar-refractivity contribution in [2.24, 2.45) is 5.10 Å². The van der Waals surface area contributed by atoms with Gasteiger partial charge in [0.05, 0.1) is 29.4 Å². The molecule has 0 bridgehead atoms. The van der Waals surface area contributed by atoms with Crippen LogP contribution in [0, 0.1) is 6.92 Å². The van der Waals surface area contributed by atoms with Gasteiger partial charge in [-0.15, -0.1) is 0 Å². The molecule has 0 N–H and O–H groups in total. The standard InChI is InChI=1S/C26H24N4O2S/c1-19-10-9-13-21(16-19)24-17-25(30(27-24)33(2,31)32)23-18-29(22-14-7-4-8-15-22)28-26(23)20-11-5-3-6-12-20/h3-16,18,25H,17H2,1-2H3. The predicted molar refractivity (Wildman–Crippen MR) is 131 cm³/mol. The largest absolute Gasteiger partial charge is 0.247 e. The Hall–Kier alpha value is -3.71. The van der Waals surface area contributed by atoms with Crippen LogP contribution in [0.25, 0.3) is 16.9 Å². The van der Waals surface area contributed by atoms with Crippen molar-refractivity contribution < 1.29 is 8.42 Å². The van der Waals surface area contributed by atoms with E-state index in [1.807, 2.05) is 103 Å². The van der Waals surface area contributed by atoms with Crippen LogP contribution in [0.5, 0.6) is 0 Å². The maximum atomic E-state index is 12.8. The van der Waals surface area contributed by atoms with Crippen LogP contribution in [-0.2, 0) is 10.0 Å². The number of hydrazone groups is 1. The lowest BCUT2D eigenvalue weighted by Gasteiger charge is -2.21. The Labute approximate surface area is 193 Å². The molecule has 166 valence electrons. The number of hydrogen-bond donors (Lipinski definition) is 0. The molecule has 0 radical (unpaired) electrons. The molecule has 0 saturated heterocycles. The van der Waals surface area contributed by atoms with Gasteiger partial charge >= 0.3 is 0 Å². The number of rotatable bonds is 5. The zero-order valence-electron chi connectivity index (χ0n) is 18.5. The first-order valence-corrected chi connectivity index (χ1v) is 12.6. The minimum absolute atomic E-state index is 0.469. The minimum atomic E-state index is -3.60. The Balaban J connectivity index is 1.65. The molecule has 5 rings (SSSR count). The molecule has 1 unspecified atom stereocenters. The van der Waals surface area contributed by atoms with Gasteiger partial charge < -0.3 is 0 Å². The second-order valence-corrected chi connectivity index (χ2v) is 10.1. The van der Waals surface area contributed by atoms with Crippen LogP contribution in [0.2, 0.25) is 0 Å². The van der Waals surface area contributed by atoms with Crippen LogP contribution < -0.4 is 0 Å². The van der Waals surface area contributed by atoms with E-state index >= 15 is 0 Å². The van der Waals surface area contributed by atoms with Gasteiger partial charge in [-0.1, -0.05) is 78.4 Å². The maximum Gasteiger partial charge on any atom is 0.247 e. The summed E-state index contributed by atoms with van der Waals surface area (Å²) in [5, 5.41) is 9.44.